The molecule has 0 saturated carbocycles. The number of carbonyl (C=O) groups is 1. The van der Waals surface area contributed by atoms with Crippen LogP contribution < -0.4 is 10.0 Å². The van der Waals surface area contributed by atoms with Gasteiger partial charge in [0.15, 0.2) is 0 Å². The SMILES string of the molecule is CCCCC(NC(=O)O)NS(C)(=O)=O. The van der Waals surface area contributed by atoms with Gasteiger partial charge in [0.2, 0.25) is 10.0 Å². The van der Waals surface area contributed by atoms with Crippen LogP contribution >= 0.6 is 0 Å². The van der Waals surface area contributed by atoms with Crippen LogP contribution in [0, 0.1) is 0 Å². The van der Waals surface area contributed by atoms with Crippen LogP contribution in [0.2, 0.25) is 0 Å². The molecule has 0 aliphatic heterocycles. The molecule has 0 aliphatic rings. The van der Waals surface area contributed by atoms with Crippen LogP contribution in [0.5, 0.6) is 0 Å². The first kappa shape index (κ1) is 13.2. The van der Waals surface area contributed by atoms with Crippen LogP contribution in [-0.4, -0.2) is 32.0 Å². The van der Waals surface area contributed by atoms with E-state index in [9.17, 15) is 13.2 Å². The molecule has 1 atom stereocenters. The first-order valence-corrected chi connectivity index (χ1v) is 6.21. The predicted molar refractivity (Wildman–Crippen MR) is 52.5 cm³/mol. The van der Waals surface area contributed by atoms with E-state index in [1.807, 2.05) is 6.92 Å². The van der Waals surface area contributed by atoms with E-state index < -0.39 is 22.3 Å². The summed E-state index contributed by atoms with van der Waals surface area (Å²) in [4.78, 5) is 10.3. The topological polar surface area (TPSA) is 95.5 Å². The highest BCUT2D eigenvalue weighted by atomic mass is 32.2. The second kappa shape index (κ2) is 5.82. The Morgan fingerprint density at radius 2 is 2.07 bits per heavy atom. The summed E-state index contributed by atoms with van der Waals surface area (Å²) in [6, 6.07) is 0. The van der Waals surface area contributed by atoms with Crippen molar-refractivity contribution in [2.24, 2.45) is 0 Å². The van der Waals surface area contributed by atoms with Gasteiger partial charge in [-0.3, -0.25) is 0 Å². The maximum atomic E-state index is 10.8. The molecule has 0 heterocycles. The Kier molecular flexibility index (Phi) is 5.47. The molecule has 0 bridgehead atoms. The van der Waals surface area contributed by atoms with Crippen LogP contribution in [-0.2, 0) is 10.0 Å². The smallest absolute Gasteiger partial charge is 0.405 e. The van der Waals surface area contributed by atoms with Crippen molar-refractivity contribution in [1.82, 2.24) is 10.0 Å². The molecule has 84 valence electrons. The zero-order chi connectivity index (χ0) is 11.2. The third-order valence-corrected chi connectivity index (χ3v) is 2.21. The summed E-state index contributed by atoms with van der Waals surface area (Å²) in [5, 5.41) is 10.5. The van der Waals surface area contributed by atoms with Gasteiger partial charge in [0.25, 0.3) is 0 Å². The summed E-state index contributed by atoms with van der Waals surface area (Å²) in [6.07, 6.45) is 1.12. The number of nitrogens with one attached hydrogen (secondary N) is 2. The van der Waals surface area contributed by atoms with Gasteiger partial charge in [-0.2, -0.15) is 4.72 Å². The van der Waals surface area contributed by atoms with E-state index in [0.29, 0.717) is 6.42 Å². The molecule has 0 aromatic rings. The average Bonchev–Trinajstić information content (AvgIpc) is 1.96. The molecule has 14 heavy (non-hydrogen) atoms. The maximum absolute atomic E-state index is 10.8. The second-order valence-corrected chi connectivity index (χ2v) is 4.81. The van der Waals surface area contributed by atoms with Crippen molar-refractivity contribution in [2.45, 2.75) is 32.4 Å². The standard InChI is InChI=1S/C7H16N2O4S/c1-3-4-5-6(8-7(10)11)9-14(2,12)13/h6,8-9H,3-5H2,1-2H3,(H,10,11). The van der Waals surface area contributed by atoms with Gasteiger partial charge in [-0.15, -0.1) is 0 Å². The number of carboxylic acid groups (broad SMARTS) is 1. The van der Waals surface area contributed by atoms with E-state index in [0.717, 1.165) is 19.1 Å². The number of hydrogen-bond donors (Lipinski definition) is 3. The molecular weight excluding hydrogens is 208 g/mol. The Hall–Kier alpha value is -0.820. The van der Waals surface area contributed by atoms with E-state index in [4.69, 9.17) is 5.11 Å². The Labute approximate surface area is 83.7 Å². The molecule has 6 nitrogen and oxygen atoms in total. The molecular formula is C7H16N2O4S. The third kappa shape index (κ3) is 7.81. The fourth-order valence-corrected chi connectivity index (χ4v) is 1.67. The minimum absolute atomic E-state index is 0.454. The van der Waals surface area contributed by atoms with Crippen molar-refractivity contribution in [3.63, 3.8) is 0 Å². The Bertz CT molecular complexity index is 275. The molecule has 0 aromatic heterocycles. The minimum Gasteiger partial charge on any atom is -0.465 e. The zero-order valence-corrected chi connectivity index (χ0v) is 9.10. The summed E-state index contributed by atoms with van der Waals surface area (Å²) < 4.78 is 23.9. The number of amides is 1. The molecule has 0 fully saturated rings. The highest BCUT2D eigenvalue weighted by Crippen LogP contribution is 1.99. The lowest BCUT2D eigenvalue weighted by atomic mass is 10.2. The fourth-order valence-electron chi connectivity index (χ4n) is 0.976. The highest BCUT2D eigenvalue weighted by Gasteiger charge is 2.14. The van der Waals surface area contributed by atoms with Crippen LogP contribution in [0.3, 0.4) is 0 Å². The van der Waals surface area contributed by atoms with Crippen LogP contribution in [0.4, 0.5) is 4.79 Å². The van der Waals surface area contributed by atoms with E-state index in [2.05, 4.69) is 10.0 Å². The van der Waals surface area contributed by atoms with Crippen molar-refractivity contribution in [3.8, 4) is 0 Å². The van der Waals surface area contributed by atoms with Crippen LogP contribution in [0.15, 0.2) is 0 Å². The molecule has 1 unspecified atom stereocenters. The van der Waals surface area contributed by atoms with E-state index in [1.165, 1.54) is 0 Å². The van der Waals surface area contributed by atoms with Gasteiger partial charge < -0.3 is 10.4 Å². The van der Waals surface area contributed by atoms with Gasteiger partial charge in [0.1, 0.15) is 0 Å². The number of sulfonamides is 1. The molecule has 7 heteroatoms. The van der Waals surface area contributed by atoms with E-state index in [-0.39, 0.29) is 0 Å². The van der Waals surface area contributed by atoms with Crippen LogP contribution in [0.1, 0.15) is 26.2 Å². The number of hydrogen-bond acceptors (Lipinski definition) is 3. The van der Waals surface area contributed by atoms with Crippen molar-refractivity contribution in [1.29, 1.82) is 0 Å². The van der Waals surface area contributed by atoms with Gasteiger partial charge in [-0.25, -0.2) is 13.2 Å². The summed E-state index contributed by atoms with van der Waals surface area (Å²) in [5.74, 6) is 0. The van der Waals surface area contributed by atoms with Gasteiger partial charge >= 0.3 is 6.09 Å². The minimum atomic E-state index is -3.38. The van der Waals surface area contributed by atoms with Crippen molar-refractivity contribution < 1.29 is 18.3 Å². The molecule has 3 N–H and O–H groups in total. The highest BCUT2D eigenvalue weighted by molar-refractivity contribution is 7.88. The lowest BCUT2D eigenvalue weighted by Gasteiger charge is -2.16. The molecule has 0 saturated heterocycles. The van der Waals surface area contributed by atoms with Crippen molar-refractivity contribution in [2.75, 3.05) is 6.26 Å². The maximum Gasteiger partial charge on any atom is 0.405 e. The van der Waals surface area contributed by atoms with Crippen LogP contribution in [0.25, 0.3) is 0 Å². The lowest BCUT2D eigenvalue weighted by Crippen LogP contribution is -2.46. The Balaban J connectivity index is 4.17. The number of rotatable bonds is 6. The van der Waals surface area contributed by atoms with Crippen molar-refractivity contribution >= 4 is 16.1 Å². The van der Waals surface area contributed by atoms with E-state index >= 15 is 0 Å². The molecule has 1 amide bonds. The Morgan fingerprint density at radius 1 is 1.50 bits per heavy atom. The van der Waals surface area contributed by atoms with E-state index in [1.54, 1.807) is 0 Å². The van der Waals surface area contributed by atoms with Crippen molar-refractivity contribution in [3.05, 3.63) is 0 Å². The quantitative estimate of drug-likeness (QED) is 0.566. The normalized spacial score (nSPS) is 13.6. The van der Waals surface area contributed by atoms with Gasteiger partial charge in [0.05, 0.1) is 12.4 Å². The molecule has 0 radical (unpaired) electrons. The summed E-state index contributed by atoms with van der Waals surface area (Å²) in [5.41, 5.74) is 0. The molecule has 0 spiro atoms. The molecule has 0 aromatic carbocycles. The molecule has 0 rings (SSSR count). The summed E-state index contributed by atoms with van der Waals surface area (Å²) in [7, 11) is -3.38. The van der Waals surface area contributed by atoms with Gasteiger partial charge in [-0.1, -0.05) is 19.8 Å². The predicted octanol–water partition coefficient (Wildman–Crippen LogP) is 0.319. The summed E-state index contributed by atoms with van der Waals surface area (Å²) in [6.45, 7) is 1.94. The Morgan fingerprint density at radius 3 is 2.43 bits per heavy atom. The second-order valence-electron chi connectivity index (χ2n) is 3.03. The third-order valence-electron chi connectivity index (χ3n) is 1.50. The largest absolute Gasteiger partial charge is 0.465 e. The average molecular weight is 224 g/mol. The molecule has 0 aliphatic carbocycles. The number of unbranched alkanes of at least 4 members (excludes halogenated alkanes) is 1. The summed E-state index contributed by atoms with van der Waals surface area (Å²) >= 11 is 0. The first-order valence-electron chi connectivity index (χ1n) is 4.32. The monoisotopic (exact) mass is 224 g/mol. The lowest BCUT2D eigenvalue weighted by molar-refractivity contribution is 0.188. The van der Waals surface area contributed by atoms with Gasteiger partial charge in [0, 0.05) is 0 Å². The fraction of sp³-hybridized carbons (Fsp3) is 0.857. The first-order chi connectivity index (χ1) is 6.35. The van der Waals surface area contributed by atoms with Gasteiger partial charge in [-0.05, 0) is 6.42 Å². The zero-order valence-electron chi connectivity index (χ0n) is 8.28.